The van der Waals surface area contributed by atoms with Gasteiger partial charge in [-0.25, -0.2) is 4.98 Å². The number of piperidine rings is 1. The number of aromatic nitrogens is 2. The highest BCUT2D eigenvalue weighted by atomic mass is 16.2. The lowest BCUT2D eigenvalue weighted by Crippen LogP contribution is -2.48. The Balaban J connectivity index is 1.69. The number of carbonyl (C=O) groups is 1. The molecular formula is C23H26N4O2. The molecule has 6 heteroatoms. The first-order valence-corrected chi connectivity index (χ1v) is 10.2. The summed E-state index contributed by atoms with van der Waals surface area (Å²) in [7, 11) is 0. The fraction of sp³-hybridized carbons (Fsp3) is 0.478. The Kier molecular flexibility index (Phi) is 4.57. The van der Waals surface area contributed by atoms with Crippen LogP contribution in [0.4, 0.5) is 0 Å². The molecule has 1 unspecified atom stereocenters. The Morgan fingerprint density at radius 2 is 2.10 bits per heavy atom. The zero-order valence-electron chi connectivity index (χ0n) is 17.2. The van der Waals surface area contributed by atoms with Gasteiger partial charge >= 0.3 is 0 Å². The summed E-state index contributed by atoms with van der Waals surface area (Å²) < 4.78 is 0. The summed E-state index contributed by atoms with van der Waals surface area (Å²) in [6, 6.07) is 8.94. The Morgan fingerprint density at radius 1 is 1.31 bits per heavy atom. The summed E-state index contributed by atoms with van der Waals surface area (Å²) in [4.78, 5) is 35.6. The fourth-order valence-electron chi connectivity index (χ4n) is 4.61. The quantitative estimate of drug-likeness (QED) is 0.810. The Morgan fingerprint density at radius 3 is 2.83 bits per heavy atom. The third kappa shape index (κ3) is 3.35. The molecule has 1 aromatic heterocycles. The Bertz CT molecular complexity index is 1070. The zero-order chi connectivity index (χ0) is 20.8. The van der Waals surface area contributed by atoms with Crippen molar-refractivity contribution >= 4 is 5.91 Å². The second-order valence-corrected chi connectivity index (χ2v) is 9.29. The van der Waals surface area contributed by atoms with Crippen LogP contribution in [0, 0.1) is 11.3 Å². The molecular weight excluding hydrogens is 364 g/mol. The van der Waals surface area contributed by atoms with Crippen LogP contribution in [0.1, 0.15) is 73.0 Å². The Labute approximate surface area is 170 Å². The highest BCUT2D eigenvalue weighted by Crippen LogP contribution is 2.43. The molecule has 1 aromatic carbocycles. The number of carbonyl (C=O) groups excluding carboxylic acids is 1. The van der Waals surface area contributed by atoms with Gasteiger partial charge in [-0.2, -0.15) is 5.26 Å². The van der Waals surface area contributed by atoms with Crippen molar-refractivity contribution in [3.63, 3.8) is 0 Å². The molecule has 1 saturated heterocycles. The maximum absolute atomic E-state index is 13.1. The number of amides is 1. The highest BCUT2D eigenvalue weighted by molar-refractivity contribution is 5.94. The molecule has 0 saturated carbocycles. The van der Waals surface area contributed by atoms with Gasteiger partial charge in [-0.3, -0.25) is 9.59 Å². The maximum Gasteiger partial charge on any atom is 0.254 e. The van der Waals surface area contributed by atoms with E-state index >= 15 is 0 Å². The van der Waals surface area contributed by atoms with Crippen LogP contribution < -0.4 is 5.56 Å². The molecule has 150 valence electrons. The SMILES string of the molecule is CC(C)(C)c1nc2c(c(=O)[nH]1)CCC21CCCN(C(=O)c2cccc(C#N)c2)C1. The lowest BCUT2D eigenvalue weighted by Gasteiger charge is -2.40. The van der Waals surface area contributed by atoms with Crippen LogP contribution >= 0.6 is 0 Å². The van der Waals surface area contributed by atoms with Crippen molar-refractivity contribution in [2.75, 3.05) is 13.1 Å². The predicted octanol–water partition coefficient (Wildman–Crippen LogP) is 3.06. The van der Waals surface area contributed by atoms with E-state index in [2.05, 4.69) is 11.1 Å². The van der Waals surface area contributed by atoms with Crippen LogP contribution in [0.3, 0.4) is 0 Å². The minimum Gasteiger partial charge on any atom is -0.338 e. The van der Waals surface area contributed by atoms with E-state index in [1.165, 1.54) is 0 Å². The molecule has 1 aliphatic carbocycles. The van der Waals surface area contributed by atoms with Crippen molar-refractivity contribution in [1.82, 2.24) is 14.9 Å². The average molecular weight is 390 g/mol. The van der Waals surface area contributed by atoms with Gasteiger partial charge in [-0.1, -0.05) is 26.8 Å². The number of hydrogen-bond donors (Lipinski definition) is 1. The largest absolute Gasteiger partial charge is 0.338 e. The monoisotopic (exact) mass is 390 g/mol. The summed E-state index contributed by atoms with van der Waals surface area (Å²) in [5.74, 6) is 0.642. The van der Waals surface area contributed by atoms with E-state index in [1.54, 1.807) is 24.3 Å². The van der Waals surface area contributed by atoms with Gasteiger partial charge in [-0.15, -0.1) is 0 Å². The van der Waals surface area contributed by atoms with Gasteiger partial charge in [-0.05, 0) is 43.9 Å². The molecule has 1 amide bonds. The number of nitrogens with one attached hydrogen (secondary N) is 1. The zero-order valence-corrected chi connectivity index (χ0v) is 17.2. The number of likely N-dealkylation sites (tertiary alicyclic amines) is 1. The molecule has 2 heterocycles. The normalized spacial score (nSPS) is 21.1. The van der Waals surface area contributed by atoms with Crippen LogP contribution in [0.15, 0.2) is 29.1 Å². The number of aromatic amines is 1. The second kappa shape index (κ2) is 6.84. The van der Waals surface area contributed by atoms with Gasteiger partial charge in [0, 0.05) is 35.0 Å². The van der Waals surface area contributed by atoms with E-state index in [9.17, 15) is 9.59 Å². The van der Waals surface area contributed by atoms with Gasteiger partial charge in [0.15, 0.2) is 0 Å². The van der Waals surface area contributed by atoms with Crippen molar-refractivity contribution in [1.29, 1.82) is 5.26 Å². The van der Waals surface area contributed by atoms with Crippen LogP contribution in [0.25, 0.3) is 0 Å². The summed E-state index contributed by atoms with van der Waals surface area (Å²) in [5.41, 5.74) is 2.13. The van der Waals surface area contributed by atoms with Crippen LogP contribution in [-0.4, -0.2) is 33.9 Å². The first-order valence-electron chi connectivity index (χ1n) is 10.2. The first kappa shape index (κ1) is 19.4. The molecule has 6 nitrogen and oxygen atoms in total. The number of nitriles is 1. The summed E-state index contributed by atoms with van der Waals surface area (Å²) in [6.07, 6.45) is 3.35. The molecule has 0 radical (unpaired) electrons. The molecule has 2 aromatic rings. The van der Waals surface area contributed by atoms with Crippen molar-refractivity contribution in [2.24, 2.45) is 0 Å². The number of fused-ring (bicyclic) bond motifs is 2. The van der Waals surface area contributed by atoms with Crippen LogP contribution in [0.5, 0.6) is 0 Å². The van der Waals surface area contributed by atoms with Gasteiger partial charge in [0.25, 0.3) is 11.5 Å². The molecule has 2 aliphatic rings. The van der Waals surface area contributed by atoms with E-state index in [0.29, 0.717) is 36.5 Å². The minimum absolute atomic E-state index is 0.0398. The third-order valence-corrected chi connectivity index (χ3v) is 6.18. The molecule has 1 fully saturated rings. The lowest BCUT2D eigenvalue weighted by molar-refractivity contribution is 0.0633. The van der Waals surface area contributed by atoms with Crippen LogP contribution in [-0.2, 0) is 17.3 Å². The highest BCUT2D eigenvalue weighted by Gasteiger charge is 2.46. The number of benzene rings is 1. The molecule has 1 atom stereocenters. The predicted molar refractivity (Wildman–Crippen MR) is 110 cm³/mol. The van der Waals surface area contributed by atoms with E-state index in [-0.39, 0.29) is 22.3 Å². The van der Waals surface area contributed by atoms with Crippen molar-refractivity contribution in [3.8, 4) is 6.07 Å². The standard InChI is InChI=1S/C23H26N4O2/c1-22(2,3)21-25-18-17(19(28)26-21)8-10-23(18)9-5-11-27(14-23)20(29)16-7-4-6-15(12-16)13-24/h4,6-7,12H,5,8-11,14H2,1-3H3,(H,25,26,28). The lowest BCUT2D eigenvalue weighted by atomic mass is 9.77. The number of hydrogen-bond acceptors (Lipinski definition) is 4. The van der Waals surface area contributed by atoms with Crippen molar-refractivity contribution < 1.29 is 4.79 Å². The van der Waals surface area contributed by atoms with Crippen molar-refractivity contribution in [3.05, 3.63) is 62.8 Å². The molecule has 1 N–H and O–H groups in total. The Hall–Kier alpha value is -2.94. The average Bonchev–Trinajstić information content (AvgIpc) is 3.05. The molecule has 1 spiro atoms. The minimum atomic E-state index is -0.260. The molecule has 29 heavy (non-hydrogen) atoms. The molecule has 1 aliphatic heterocycles. The fourth-order valence-corrected chi connectivity index (χ4v) is 4.61. The summed E-state index contributed by atoms with van der Waals surface area (Å²) in [5, 5.41) is 9.13. The summed E-state index contributed by atoms with van der Waals surface area (Å²) in [6.45, 7) is 7.37. The van der Waals surface area contributed by atoms with Crippen molar-refractivity contribution in [2.45, 2.75) is 57.3 Å². The summed E-state index contributed by atoms with van der Waals surface area (Å²) >= 11 is 0. The van der Waals surface area contributed by atoms with Gasteiger partial charge < -0.3 is 9.88 Å². The molecule has 0 bridgehead atoms. The first-order chi connectivity index (χ1) is 13.7. The third-order valence-electron chi connectivity index (χ3n) is 6.18. The number of rotatable bonds is 1. The van der Waals surface area contributed by atoms with Crippen LogP contribution in [0.2, 0.25) is 0 Å². The van der Waals surface area contributed by atoms with E-state index in [0.717, 1.165) is 30.5 Å². The van der Waals surface area contributed by atoms with Gasteiger partial charge in [0.05, 0.1) is 17.3 Å². The molecule has 4 rings (SSSR count). The van der Waals surface area contributed by atoms with Gasteiger partial charge in [0.1, 0.15) is 5.82 Å². The number of nitrogens with zero attached hydrogens (tertiary/aromatic N) is 3. The smallest absolute Gasteiger partial charge is 0.254 e. The van der Waals surface area contributed by atoms with E-state index in [1.807, 2.05) is 25.7 Å². The van der Waals surface area contributed by atoms with Gasteiger partial charge in [0.2, 0.25) is 0 Å². The maximum atomic E-state index is 13.1. The van der Waals surface area contributed by atoms with E-state index in [4.69, 9.17) is 10.2 Å². The second-order valence-electron chi connectivity index (χ2n) is 9.29. The number of H-pyrrole nitrogens is 1. The van der Waals surface area contributed by atoms with E-state index < -0.39 is 0 Å². The topological polar surface area (TPSA) is 89.8 Å².